The van der Waals surface area contributed by atoms with Crippen LogP contribution in [0.5, 0.6) is 0 Å². The zero-order valence-corrected chi connectivity index (χ0v) is 13.0. The molecule has 20 heavy (non-hydrogen) atoms. The molecule has 1 saturated heterocycles. The molecule has 0 radical (unpaired) electrons. The third-order valence-electron chi connectivity index (χ3n) is 3.81. The average Bonchev–Trinajstić information content (AvgIpc) is 2.49. The highest BCUT2D eigenvalue weighted by atomic mass is 32.2. The smallest absolute Gasteiger partial charge is 0.178 e. The van der Waals surface area contributed by atoms with Crippen molar-refractivity contribution < 1.29 is 8.42 Å². The number of aryl methyl sites for hydroxylation is 1. The van der Waals surface area contributed by atoms with Crippen molar-refractivity contribution in [3.63, 3.8) is 0 Å². The lowest BCUT2D eigenvalue weighted by Crippen LogP contribution is -2.43. The van der Waals surface area contributed by atoms with Crippen molar-refractivity contribution in [3.8, 4) is 0 Å². The van der Waals surface area contributed by atoms with E-state index in [1.165, 1.54) is 5.56 Å². The van der Waals surface area contributed by atoms with Gasteiger partial charge in [-0.2, -0.15) is 0 Å². The highest BCUT2D eigenvalue weighted by Crippen LogP contribution is 2.13. The molecule has 1 fully saturated rings. The van der Waals surface area contributed by atoms with Crippen LogP contribution in [0.4, 0.5) is 0 Å². The fourth-order valence-electron chi connectivity index (χ4n) is 2.47. The monoisotopic (exact) mass is 296 g/mol. The Labute approximate surface area is 122 Å². The minimum absolute atomic E-state index is 0.162. The van der Waals surface area contributed by atoms with Crippen molar-refractivity contribution in [3.05, 3.63) is 29.8 Å². The number of sulfone groups is 1. The Bertz CT molecular complexity index is 505. The third kappa shape index (κ3) is 4.30. The van der Waals surface area contributed by atoms with E-state index in [0.29, 0.717) is 4.90 Å². The van der Waals surface area contributed by atoms with Crippen molar-refractivity contribution in [1.82, 2.24) is 10.2 Å². The first kappa shape index (κ1) is 15.5. The quantitative estimate of drug-likeness (QED) is 0.860. The summed E-state index contributed by atoms with van der Waals surface area (Å²) in [5, 5.41) is 3.35. The number of hydrogen-bond acceptors (Lipinski definition) is 4. The molecule has 0 spiro atoms. The summed E-state index contributed by atoms with van der Waals surface area (Å²) < 4.78 is 23.4. The van der Waals surface area contributed by atoms with Crippen molar-refractivity contribution in [2.45, 2.75) is 24.7 Å². The zero-order valence-electron chi connectivity index (χ0n) is 12.1. The standard InChI is InChI=1S/C15H24N2O2S/c1-2-20(18,19)15-7-5-14(6-8-15)4-3-11-17-12-9-16-10-13-17/h5-8,16H,2-4,9-13H2,1H3. The van der Waals surface area contributed by atoms with Crippen LogP contribution in [0, 0.1) is 0 Å². The number of hydrogen-bond donors (Lipinski definition) is 1. The van der Waals surface area contributed by atoms with Gasteiger partial charge in [-0.15, -0.1) is 0 Å². The molecule has 112 valence electrons. The Morgan fingerprint density at radius 2 is 1.80 bits per heavy atom. The van der Waals surface area contributed by atoms with E-state index >= 15 is 0 Å². The summed E-state index contributed by atoms with van der Waals surface area (Å²) in [5.74, 6) is 0.162. The van der Waals surface area contributed by atoms with Crippen LogP contribution in [-0.4, -0.2) is 51.8 Å². The molecule has 5 heteroatoms. The summed E-state index contributed by atoms with van der Waals surface area (Å²) in [6.07, 6.45) is 2.14. The fraction of sp³-hybridized carbons (Fsp3) is 0.600. The summed E-state index contributed by atoms with van der Waals surface area (Å²) in [6, 6.07) is 7.36. The number of piperazine rings is 1. The third-order valence-corrected chi connectivity index (χ3v) is 5.56. The van der Waals surface area contributed by atoms with Crippen LogP contribution in [0.2, 0.25) is 0 Å². The van der Waals surface area contributed by atoms with Gasteiger partial charge in [0.2, 0.25) is 0 Å². The lowest BCUT2D eigenvalue weighted by Gasteiger charge is -2.27. The Morgan fingerprint density at radius 1 is 1.15 bits per heavy atom. The van der Waals surface area contributed by atoms with Gasteiger partial charge >= 0.3 is 0 Å². The van der Waals surface area contributed by atoms with Crippen LogP contribution < -0.4 is 5.32 Å². The van der Waals surface area contributed by atoms with Gasteiger partial charge in [-0.25, -0.2) is 8.42 Å². The fourth-order valence-corrected chi connectivity index (χ4v) is 3.36. The highest BCUT2D eigenvalue weighted by Gasteiger charge is 2.11. The van der Waals surface area contributed by atoms with Gasteiger partial charge in [0.1, 0.15) is 0 Å². The number of nitrogens with one attached hydrogen (secondary N) is 1. The minimum Gasteiger partial charge on any atom is -0.314 e. The Kier molecular flexibility index (Phi) is 5.57. The van der Waals surface area contributed by atoms with Gasteiger partial charge in [0, 0.05) is 26.2 Å². The Morgan fingerprint density at radius 3 is 2.40 bits per heavy atom. The normalized spacial score (nSPS) is 17.2. The molecule has 0 aliphatic carbocycles. The summed E-state index contributed by atoms with van der Waals surface area (Å²) in [5.41, 5.74) is 1.22. The molecule has 1 aromatic carbocycles. The number of nitrogens with zero attached hydrogens (tertiary/aromatic N) is 1. The molecule has 0 atom stereocenters. The SMILES string of the molecule is CCS(=O)(=O)c1ccc(CCCN2CCNCC2)cc1. The maximum absolute atomic E-state index is 11.7. The van der Waals surface area contributed by atoms with Crippen molar-refractivity contribution in [2.24, 2.45) is 0 Å². The predicted octanol–water partition coefficient (Wildman–Crippen LogP) is 1.32. The largest absolute Gasteiger partial charge is 0.314 e. The van der Waals surface area contributed by atoms with Crippen LogP contribution in [0.15, 0.2) is 29.2 Å². The molecule has 0 aromatic heterocycles. The molecule has 1 heterocycles. The summed E-state index contributed by atoms with van der Waals surface area (Å²) in [7, 11) is -3.07. The first-order valence-corrected chi connectivity index (χ1v) is 9.02. The van der Waals surface area contributed by atoms with E-state index in [-0.39, 0.29) is 5.75 Å². The molecule has 0 unspecified atom stereocenters. The lowest BCUT2D eigenvalue weighted by molar-refractivity contribution is 0.238. The molecule has 0 amide bonds. The second kappa shape index (κ2) is 7.20. The molecule has 1 aromatic rings. The molecule has 2 rings (SSSR count). The van der Waals surface area contributed by atoms with E-state index in [0.717, 1.165) is 45.6 Å². The van der Waals surface area contributed by atoms with Gasteiger partial charge < -0.3 is 10.2 Å². The van der Waals surface area contributed by atoms with E-state index in [1.54, 1.807) is 19.1 Å². The molecule has 4 nitrogen and oxygen atoms in total. The van der Waals surface area contributed by atoms with Gasteiger partial charge in [-0.05, 0) is 37.1 Å². The van der Waals surface area contributed by atoms with E-state index in [2.05, 4.69) is 10.2 Å². The first-order valence-electron chi connectivity index (χ1n) is 7.36. The van der Waals surface area contributed by atoms with Crippen molar-refractivity contribution >= 4 is 9.84 Å². The second-order valence-corrected chi connectivity index (χ2v) is 7.52. The number of rotatable bonds is 6. The van der Waals surface area contributed by atoms with Crippen LogP contribution in [0.3, 0.4) is 0 Å². The highest BCUT2D eigenvalue weighted by molar-refractivity contribution is 7.91. The maximum Gasteiger partial charge on any atom is 0.178 e. The van der Waals surface area contributed by atoms with Crippen LogP contribution in [-0.2, 0) is 16.3 Å². The van der Waals surface area contributed by atoms with E-state index in [9.17, 15) is 8.42 Å². The van der Waals surface area contributed by atoms with Gasteiger partial charge in [-0.3, -0.25) is 0 Å². The van der Waals surface area contributed by atoms with Gasteiger partial charge in [0.05, 0.1) is 10.6 Å². The van der Waals surface area contributed by atoms with Crippen molar-refractivity contribution in [2.75, 3.05) is 38.5 Å². The molecular formula is C15H24N2O2S. The van der Waals surface area contributed by atoms with Crippen LogP contribution >= 0.6 is 0 Å². The van der Waals surface area contributed by atoms with Crippen LogP contribution in [0.1, 0.15) is 18.9 Å². The molecule has 0 saturated carbocycles. The van der Waals surface area contributed by atoms with Crippen LogP contribution in [0.25, 0.3) is 0 Å². The Hall–Kier alpha value is -0.910. The molecule has 1 aliphatic heterocycles. The maximum atomic E-state index is 11.7. The summed E-state index contributed by atoms with van der Waals surface area (Å²) >= 11 is 0. The van der Waals surface area contributed by atoms with E-state index in [1.807, 2.05) is 12.1 Å². The lowest BCUT2D eigenvalue weighted by atomic mass is 10.1. The van der Waals surface area contributed by atoms with Gasteiger partial charge in [0.25, 0.3) is 0 Å². The molecule has 1 N–H and O–H groups in total. The van der Waals surface area contributed by atoms with Crippen molar-refractivity contribution in [1.29, 1.82) is 0 Å². The summed E-state index contributed by atoms with van der Waals surface area (Å²) in [4.78, 5) is 2.91. The zero-order chi connectivity index (χ0) is 14.4. The van der Waals surface area contributed by atoms with Gasteiger partial charge in [0.15, 0.2) is 9.84 Å². The first-order chi connectivity index (χ1) is 9.62. The number of benzene rings is 1. The molecule has 0 bridgehead atoms. The predicted molar refractivity (Wildman–Crippen MR) is 81.8 cm³/mol. The van der Waals surface area contributed by atoms with E-state index in [4.69, 9.17) is 0 Å². The Balaban J connectivity index is 1.82. The van der Waals surface area contributed by atoms with Gasteiger partial charge in [-0.1, -0.05) is 19.1 Å². The molecular weight excluding hydrogens is 272 g/mol. The minimum atomic E-state index is -3.07. The molecule has 1 aliphatic rings. The average molecular weight is 296 g/mol. The summed E-state index contributed by atoms with van der Waals surface area (Å²) in [6.45, 7) is 7.24. The van der Waals surface area contributed by atoms with E-state index < -0.39 is 9.84 Å². The second-order valence-electron chi connectivity index (χ2n) is 5.24. The topological polar surface area (TPSA) is 49.4 Å².